The van der Waals surface area contributed by atoms with Crippen LogP contribution in [-0.4, -0.2) is 6.04 Å². The number of rotatable bonds is 5. The summed E-state index contributed by atoms with van der Waals surface area (Å²) in [4.78, 5) is 0. The van der Waals surface area contributed by atoms with E-state index in [0.717, 1.165) is 24.0 Å². The van der Waals surface area contributed by atoms with Gasteiger partial charge in [-0.1, -0.05) is 33.8 Å². The second-order valence-corrected chi connectivity index (χ2v) is 6.64. The Balaban J connectivity index is 2.72. The minimum Gasteiger partial charge on any atom is -0.271 e. The Morgan fingerprint density at radius 1 is 1.32 bits per heavy atom. The number of hydrogen-bond acceptors (Lipinski definition) is 2. The van der Waals surface area contributed by atoms with Gasteiger partial charge in [-0.15, -0.1) is 0 Å². The minimum absolute atomic E-state index is 0.179. The molecule has 2 nitrogen and oxygen atoms in total. The molecule has 0 aliphatic carbocycles. The van der Waals surface area contributed by atoms with E-state index >= 15 is 0 Å². The fraction of sp³-hybridized carbons (Fsp3) is 0.625. The summed E-state index contributed by atoms with van der Waals surface area (Å²) in [5, 5.41) is 0. The summed E-state index contributed by atoms with van der Waals surface area (Å²) >= 11 is 0. The number of benzene rings is 1. The van der Waals surface area contributed by atoms with E-state index in [2.05, 4.69) is 33.1 Å². The molecular weight excluding hydrogens is 239 g/mol. The van der Waals surface area contributed by atoms with Crippen molar-refractivity contribution >= 4 is 0 Å². The summed E-state index contributed by atoms with van der Waals surface area (Å²) in [6.45, 7) is 10.9. The lowest BCUT2D eigenvalue weighted by Gasteiger charge is -2.30. The van der Waals surface area contributed by atoms with Crippen molar-refractivity contribution in [1.29, 1.82) is 0 Å². The average Bonchev–Trinajstić information content (AvgIpc) is 2.30. The minimum atomic E-state index is -0.179. The average molecular weight is 266 g/mol. The van der Waals surface area contributed by atoms with Crippen LogP contribution in [0, 0.1) is 24.1 Å². The van der Waals surface area contributed by atoms with Gasteiger partial charge < -0.3 is 0 Å². The maximum Gasteiger partial charge on any atom is 0.123 e. The van der Waals surface area contributed by atoms with E-state index < -0.39 is 0 Å². The Hall–Kier alpha value is -0.930. The van der Waals surface area contributed by atoms with Gasteiger partial charge in [0.2, 0.25) is 0 Å². The number of aryl methyl sites for hydroxylation is 1. The van der Waals surface area contributed by atoms with Gasteiger partial charge in [0.15, 0.2) is 0 Å². The monoisotopic (exact) mass is 266 g/mol. The number of halogens is 1. The molecule has 0 aliphatic rings. The SMILES string of the molecule is Cc1cc(F)ccc1CC(CC(C)C(C)(C)C)NN. The van der Waals surface area contributed by atoms with Crippen LogP contribution in [0.5, 0.6) is 0 Å². The van der Waals surface area contributed by atoms with E-state index in [4.69, 9.17) is 5.84 Å². The predicted molar refractivity (Wildman–Crippen MR) is 79.2 cm³/mol. The molecule has 3 heteroatoms. The van der Waals surface area contributed by atoms with Gasteiger partial charge in [-0.25, -0.2) is 4.39 Å². The molecule has 19 heavy (non-hydrogen) atoms. The molecule has 0 spiro atoms. The fourth-order valence-electron chi connectivity index (χ4n) is 2.14. The second-order valence-electron chi connectivity index (χ2n) is 6.64. The lowest BCUT2D eigenvalue weighted by atomic mass is 9.78. The molecule has 0 radical (unpaired) electrons. The molecule has 1 aromatic rings. The zero-order valence-electron chi connectivity index (χ0n) is 12.8. The van der Waals surface area contributed by atoms with Gasteiger partial charge in [-0.2, -0.15) is 0 Å². The lowest BCUT2D eigenvalue weighted by molar-refractivity contribution is 0.222. The Kier molecular flexibility index (Phi) is 5.50. The Morgan fingerprint density at radius 2 is 1.95 bits per heavy atom. The van der Waals surface area contributed by atoms with Gasteiger partial charge in [-0.05, 0) is 54.4 Å². The molecule has 2 atom stereocenters. The van der Waals surface area contributed by atoms with Crippen LogP contribution in [0.3, 0.4) is 0 Å². The smallest absolute Gasteiger partial charge is 0.123 e. The summed E-state index contributed by atoms with van der Waals surface area (Å²) in [5.74, 6) is 6.05. The highest BCUT2D eigenvalue weighted by atomic mass is 19.1. The summed E-state index contributed by atoms with van der Waals surface area (Å²) in [6, 6.07) is 5.18. The van der Waals surface area contributed by atoms with Crippen LogP contribution in [0.4, 0.5) is 4.39 Å². The van der Waals surface area contributed by atoms with E-state index in [-0.39, 0.29) is 17.3 Å². The van der Waals surface area contributed by atoms with Crippen molar-refractivity contribution in [2.75, 3.05) is 0 Å². The van der Waals surface area contributed by atoms with Gasteiger partial charge in [0.05, 0.1) is 0 Å². The largest absolute Gasteiger partial charge is 0.271 e. The maximum absolute atomic E-state index is 13.1. The number of hydrogen-bond donors (Lipinski definition) is 2. The summed E-state index contributed by atoms with van der Waals surface area (Å²) < 4.78 is 13.1. The molecule has 0 bridgehead atoms. The Morgan fingerprint density at radius 3 is 2.42 bits per heavy atom. The number of nitrogens with one attached hydrogen (secondary N) is 1. The zero-order chi connectivity index (χ0) is 14.6. The molecule has 0 fully saturated rings. The quantitative estimate of drug-likeness (QED) is 0.631. The topological polar surface area (TPSA) is 38.0 Å². The molecule has 3 N–H and O–H groups in total. The Labute approximate surface area is 116 Å². The van der Waals surface area contributed by atoms with Gasteiger partial charge in [0.1, 0.15) is 5.82 Å². The van der Waals surface area contributed by atoms with E-state index in [1.54, 1.807) is 6.07 Å². The molecule has 0 saturated heterocycles. The van der Waals surface area contributed by atoms with E-state index in [1.807, 2.05) is 13.0 Å². The van der Waals surface area contributed by atoms with E-state index in [0.29, 0.717) is 5.92 Å². The van der Waals surface area contributed by atoms with Crippen molar-refractivity contribution < 1.29 is 4.39 Å². The molecule has 0 heterocycles. The first-order chi connectivity index (χ1) is 8.74. The highest BCUT2D eigenvalue weighted by molar-refractivity contribution is 5.27. The van der Waals surface area contributed by atoms with Gasteiger partial charge >= 0.3 is 0 Å². The van der Waals surface area contributed by atoms with Crippen molar-refractivity contribution in [2.24, 2.45) is 17.2 Å². The molecule has 2 unspecified atom stereocenters. The van der Waals surface area contributed by atoms with Crippen molar-refractivity contribution in [3.05, 3.63) is 35.1 Å². The van der Waals surface area contributed by atoms with Gasteiger partial charge in [-0.3, -0.25) is 11.3 Å². The third kappa shape index (κ3) is 4.92. The van der Waals surface area contributed by atoms with Crippen LogP contribution < -0.4 is 11.3 Å². The Bertz CT molecular complexity index is 410. The summed E-state index contributed by atoms with van der Waals surface area (Å²) in [5.41, 5.74) is 5.32. The summed E-state index contributed by atoms with van der Waals surface area (Å²) in [6.07, 6.45) is 1.85. The molecule has 108 valence electrons. The lowest BCUT2D eigenvalue weighted by Crippen LogP contribution is -2.39. The molecule has 0 aliphatic heterocycles. The molecular formula is C16H27FN2. The third-order valence-corrected chi connectivity index (χ3v) is 4.12. The molecule has 1 aromatic carbocycles. The second kappa shape index (κ2) is 6.49. The van der Waals surface area contributed by atoms with Gasteiger partial charge in [0.25, 0.3) is 0 Å². The fourth-order valence-corrected chi connectivity index (χ4v) is 2.14. The highest BCUT2D eigenvalue weighted by Crippen LogP contribution is 2.29. The third-order valence-electron chi connectivity index (χ3n) is 4.12. The molecule has 0 saturated carbocycles. The van der Waals surface area contributed by atoms with Crippen molar-refractivity contribution in [1.82, 2.24) is 5.43 Å². The highest BCUT2D eigenvalue weighted by Gasteiger charge is 2.23. The molecule has 0 amide bonds. The van der Waals surface area contributed by atoms with Crippen molar-refractivity contribution in [3.63, 3.8) is 0 Å². The normalized spacial score (nSPS) is 15.3. The molecule has 0 aromatic heterocycles. The zero-order valence-corrected chi connectivity index (χ0v) is 12.8. The number of hydrazine groups is 1. The van der Waals surface area contributed by atoms with Crippen LogP contribution >= 0.6 is 0 Å². The summed E-state index contributed by atoms with van der Waals surface area (Å²) in [7, 11) is 0. The van der Waals surface area contributed by atoms with Crippen molar-refractivity contribution in [3.8, 4) is 0 Å². The number of nitrogens with two attached hydrogens (primary N) is 1. The molecule has 1 rings (SSSR count). The van der Waals surface area contributed by atoms with Gasteiger partial charge in [0, 0.05) is 6.04 Å². The maximum atomic E-state index is 13.1. The van der Waals surface area contributed by atoms with Crippen LogP contribution in [-0.2, 0) is 6.42 Å². The first-order valence-electron chi connectivity index (χ1n) is 6.95. The van der Waals surface area contributed by atoms with E-state index in [9.17, 15) is 4.39 Å². The van der Waals surface area contributed by atoms with E-state index in [1.165, 1.54) is 6.07 Å². The first kappa shape index (κ1) is 16.1. The van der Waals surface area contributed by atoms with Crippen LogP contribution in [0.25, 0.3) is 0 Å². The predicted octanol–water partition coefficient (Wildman–Crippen LogP) is 3.58. The van der Waals surface area contributed by atoms with Crippen LogP contribution in [0.2, 0.25) is 0 Å². The first-order valence-corrected chi connectivity index (χ1v) is 6.95. The van der Waals surface area contributed by atoms with Crippen LogP contribution in [0.15, 0.2) is 18.2 Å². The standard InChI is InChI=1S/C16H27FN2/c1-11-8-14(17)7-6-13(11)10-15(19-18)9-12(2)16(3,4)5/h6-8,12,15,19H,9-10,18H2,1-5H3. The van der Waals surface area contributed by atoms with Crippen molar-refractivity contribution in [2.45, 2.75) is 53.5 Å². The van der Waals surface area contributed by atoms with Crippen LogP contribution in [0.1, 0.15) is 45.2 Å².